The fraction of sp³-hybridized carbons (Fsp3) is 0.286. The Labute approximate surface area is 168 Å². The number of nitrogens with one attached hydrogen (secondary N) is 1. The van der Waals surface area contributed by atoms with Gasteiger partial charge >= 0.3 is 0 Å². The highest BCUT2D eigenvalue weighted by Crippen LogP contribution is 2.27. The minimum absolute atomic E-state index is 0.0762. The van der Waals surface area contributed by atoms with Gasteiger partial charge in [0.2, 0.25) is 0 Å². The lowest BCUT2D eigenvalue weighted by Gasteiger charge is -2.27. The van der Waals surface area contributed by atoms with E-state index in [-0.39, 0.29) is 11.9 Å². The number of ether oxygens (including phenoxy) is 1. The summed E-state index contributed by atoms with van der Waals surface area (Å²) in [6, 6.07) is 13.8. The Morgan fingerprint density at radius 3 is 2.79 bits per heavy atom. The summed E-state index contributed by atoms with van der Waals surface area (Å²) in [7, 11) is 0. The first-order valence-electron chi connectivity index (χ1n) is 9.31. The van der Waals surface area contributed by atoms with Crippen LogP contribution in [-0.4, -0.2) is 42.2 Å². The van der Waals surface area contributed by atoms with Crippen molar-refractivity contribution in [2.75, 3.05) is 31.2 Å². The number of carbonyl (C=O) groups excluding carboxylic acids is 1. The van der Waals surface area contributed by atoms with Gasteiger partial charge in [0.25, 0.3) is 5.91 Å². The van der Waals surface area contributed by atoms with E-state index in [4.69, 9.17) is 4.74 Å². The predicted molar refractivity (Wildman–Crippen MR) is 111 cm³/mol. The molecule has 0 bridgehead atoms. The summed E-state index contributed by atoms with van der Waals surface area (Å²) in [6.07, 6.45) is 1.79. The molecule has 1 saturated heterocycles. The van der Waals surface area contributed by atoms with Crippen molar-refractivity contribution in [1.82, 2.24) is 15.3 Å². The summed E-state index contributed by atoms with van der Waals surface area (Å²) in [5.74, 6) is 0.751. The molecule has 3 aromatic rings. The molecule has 0 unspecified atom stereocenters. The lowest BCUT2D eigenvalue weighted by Crippen LogP contribution is -2.36. The van der Waals surface area contributed by atoms with Gasteiger partial charge in [-0.2, -0.15) is 0 Å². The second-order valence-electron chi connectivity index (χ2n) is 6.65. The van der Waals surface area contributed by atoms with E-state index >= 15 is 0 Å². The summed E-state index contributed by atoms with van der Waals surface area (Å²) < 4.78 is 5.41. The van der Waals surface area contributed by atoms with Gasteiger partial charge in [-0.05, 0) is 24.6 Å². The Morgan fingerprint density at radius 1 is 1.21 bits per heavy atom. The summed E-state index contributed by atoms with van der Waals surface area (Å²) >= 11 is 1.47. The second kappa shape index (κ2) is 8.50. The van der Waals surface area contributed by atoms with Gasteiger partial charge in [-0.15, -0.1) is 11.3 Å². The predicted octanol–water partition coefficient (Wildman–Crippen LogP) is 3.53. The monoisotopic (exact) mass is 394 g/mol. The standard InChI is InChI=1S/C21H22N4O2S/c1-15(16-5-3-2-4-6-16)23-20(26)18-14-28-21(24-18)17-7-8-22-19(13-17)25-9-11-27-12-10-25/h2-8,13-15H,9-12H2,1H3,(H,23,26)/t15-/m0/s1. The zero-order valence-electron chi connectivity index (χ0n) is 15.7. The van der Waals surface area contributed by atoms with Gasteiger partial charge in [0.15, 0.2) is 0 Å². The molecule has 2 aromatic heterocycles. The van der Waals surface area contributed by atoms with Crippen LogP contribution in [0.25, 0.3) is 10.6 Å². The number of benzene rings is 1. The molecule has 4 rings (SSSR count). The minimum Gasteiger partial charge on any atom is -0.378 e. The maximum Gasteiger partial charge on any atom is 0.271 e. The van der Waals surface area contributed by atoms with Crippen molar-refractivity contribution in [3.05, 3.63) is 65.3 Å². The first-order valence-corrected chi connectivity index (χ1v) is 10.2. The lowest BCUT2D eigenvalue weighted by atomic mass is 10.1. The van der Waals surface area contributed by atoms with E-state index in [0.29, 0.717) is 18.9 Å². The lowest BCUT2D eigenvalue weighted by molar-refractivity contribution is 0.0935. The third-order valence-electron chi connectivity index (χ3n) is 4.71. The fourth-order valence-corrected chi connectivity index (χ4v) is 3.92. The molecule has 0 aliphatic carbocycles. The molecule has 1 aromatic carbocycles. The number of carbonyl (C=O) groups is 1. The summed E-state index contributed by atoms with van der Waals surface area (Å²) in [4.78, 5) is 23.8. The molecule has 1 fully saturated rings. The van der Waals surface area contributed by atoms with Crippen molar-refractivity contribution >= 4 is 23.1 Å². The molecule has 0 saturated carbocycles. The number of nitrogens with zero attached hydrogens (tertiary/aromatic N) is 3. The van der Waals surface area contributed by atoms with Gasteiger partial charge in [0, 0.05) is 30.2 Å². The van der Waals surface area contributed by atoms with Gasteiger partial charge in [-0.25, -0.2) is 9.97 Å². The molecule has 1 aliphatic rings. The van der Waals surface area contributed by atoms with Crippen molar-refractivity contribution in [3.63, 3.8) is 0 Å². The van der Waals surface area contributed by atoms with Crippen LogP contribution in [0.4, 0.5) is 5.82 Å². The summed E-state index contributed by atoms with van der Waals surface area (Å²) in [5.41, 5.74) is 2.47. The largest absolute Gasteiger partial charge is 0.378 e. The Kier molecular flexibility index (Phi) is 5.64. The molecular weight excluding hydrogens is 372 g/mol. The molecule has 1 amide bonds. The van der Waals surface area contributed by atoms with E-state index < -0.39 is 0 Å². The minimum atomic E-state index is -0.165. The number of hydrogen-bond donors (Lipinski definition) is 1. The summed E-state index contributed by atoms with van der Waals surface area (Å²) in [6.45, 7) is 5.07. The Hall–Kier alpha value is -2.77. The first-order chi connectivity index (χ1) is 13.7. The second-order valence-corrected chi connectivity index (χ2v) is 7.50. The van der Waals surface area contributed by atoms with E-state index in [1.807, 2.05) is 49.4 Å². The fourth-order valence-electron chi connectivity index (χ4n) is 3.12. The highest BCUT2D eigenvalue weighted by Gasteiger charge is 2.17. The molecule has 3 heterocycles. The Balaban J connectivity index is 1.47. The average molecular weight is 395 g/mol. The van der Waals surface area contributed by atoms with Crippen molar-refractivity contribution in [1.29, 1.82) is 0 Å². The number of morpholine rings is 1. The van der Waals surface area contributed by atoms with E-state index in [9.17, 15) is 4.79 Å². The zero-order chi connectivity index (χ0) is 19.3. The van der Waals surface area contributed by atoms with Crippen LogP contribution < -0.4 is 10.2 Å². The topological polar surface area (TPSA) is 67.4 Å². The van der Waals surface area contributed by atoms with Gasteiger partial charge < -0.3 is 15.0 Å². The normalized spacial score (nSPS) is 15.2. The van der Waals surface area contributed by atoms with E-state index in [2.05, 4.69) is 20.2 Å². The average Bonchev–Trinajstić information content (AvgIpc) is 3.26. The Morgan fingerprint density at radius 2 is 2.00 bits per heavy atom. The maximum absolute atomic E-state index is 12.6. The van der Waals surface area contributed by atoms with Gasteiger partial charge in [-0.3, -0.25) is 4.79 Å². The molecule has 7 heteroatoms. The molecule has 28 heavy (non-hydrogen) atoms. The first kappa shape index (κ1) is 18.6. The van der Waals surface area contributed by atoms with E-state index in [1.54, 1.807) is 11.6 Å². The zero-order valence-corrected chi connectivity index (χ0v) is 16.5. The summed E-state index contributed by atoms with van der Waals surface area (Å²) in [5, 5.41) is 5.63. The molecule has 0 radical (unpaired) electrons. The maximum atomic E-state index is 12.6. The Bertz CT molecular complexity index is 938. The van der Waals surface area contributed by atoms with Crippen LogP contribution in [0.3, 0.4) is 0 Å². The van der Waals surface area contributed by atoms with Crippen molar-refractivity contribution < 1.29 is 9.53 Å². The molecule has 0 spiro atoms. The SMILES string of the molecule is C[C@H](NC(=O)c1csc(-c2ccnc(N3CCOCC3)c2)n1)c1ccccc1. The number of anilines is 1. The van der Waals surface area contributed by atoms with Gasteiger partial charge in [0.05, 0.1) is 19.3 Å². The molecule has 6 nitrogen and oxygen atoms in total. The third kappa shape index (κ3) is 4.21. The number of rotatable bonds is 5. The molecule has 1 aliphatic heterocycles. The van der Waals surface area contributed by atoms with Crippen molar-refractivity contribution in [2.45, 2.75) is 13.0 Å². The van der Waals surface area contributed by atoms with Crippen LogP contribution in [-0.2, 0) is 4.74 Å². The third-order valence-corrected chi connectivity index (χ3v) is 5.60. The van der Waals surface area contributed by atoms with Gasteiger partial charge in [0.1, 0.15) is 16.5 Å². The van der Waals surface area contributed by atoms with Gasteiger partial charge in [-0.1, -0.05) is 30.3 Å². The van der Waals surface area contributed by atoms with E-state index in [0.717, 1.165) is 35.0 Å². The number of thiazole rings is 1. The van der Waals surface area contributed by atoms with Crippen LogP contribution in [0.5, 0.6) is 0 Å². The highest BCUT2D eigenvalue weighted by atomic mass is 32.1. The number of amides is 1. The smallest absolute Gasteiger partial charge is 0.271 e. The highest BCUT2D eigenvalue weighted by molar-refractivity contribution is 7.13. The van der Waals surface area contributed by atoms with Crippen molar-refractivity contribution in [2.24, 2.45) is 0 Å². The van der Waals surface area contributed by atoms with Crippen molar-refractivity contribution in [3.8, 4) is 10.6 Å². The van der Waals surface area contributed by atoms with Crippen LogP contribution in [0.15, 0.2) is 54.0 Å². The number of aromatic nitrogens is 2. The number of pyridine rings is 1. The van der Waals surface area contributed by atoms with E-state index in [1.165, 1.54) is 11.3 Å². The number of hydrogen-bond acceptors (Lipinski definition) is 6. The van der Waals surface area contributed by atoms with Crippen LogP contribution in [0.2, 0.25) is 0 Å². The van der Waals surface area contributed by atoms with Crippen LogP contribution in [0, 0.1) is 0 Å². The molecule has 1 atom stereocenters. The molecule has 144 valence electrons. The quantitative estimate of drug-likeness (QED) is 0.717. The van der Waals surface area contributed by atoms with Crippen LogP contribution >= 0.6 is 11.3 Å². The van der Waals surface area contributed by atoms with Crippen LogP contribution in [0.1, 0.15) is 29.0 Å². The molecular formula is C21H22N4O2S. The molecule has 1 N–H and O–H groups in total.